The molecule has 7 nitrogen and oxygen atoms in total. The van der Waals surface area contributed by atoms with E-state index in [4.69, 9.17) is 23.2 Å². The highest BCUT2D eigenvalue weighted by molar-refractivity contribution is 9.12. The lowest BCUT2D eigenvalue weighted by atomic mass is 9.62. The molecule has 1 aromatic carbocycles. The number of carbonyl (C=O) groups is 3. The molecule has 10 heteroatoms. The van der Waals surface area contributed by atoms with Gasteiger partial charge >= 0.3 is 5.97 Å². The zero-order chi connectivity index (χ0) is 24.5. The van der Waals surface area contributed by atoms with Gasteiger partial charge in [-0.1, -0.05) is 54.6 Å². The number of hydrogen-bond acceptors (Lipinski definition) is 5. The number of nitrogens with one attached hydrogen (secondary N) is 2. The van der Waals surface area contributed by atoms with Gasteiger partial charge < -0.3 is 15.7 Å². The average Bonchev–Trinajstić information content (AvgIpc) is 2.82. The minimum Gasteiger partial charge on any atom is -0.480 e. The maximum Gasteiger partial charge on any atom is 0.326 e. The highest BCUT2D eigenvalue weighted by Gasteiger charge is 2.53. The van der Waals surface area contributed by atoms with Crippen molar-refractivity contribution in [2.75, 3.05) is 5.32 Å². The summed E-state index contributed by atoms with van der Waals surface area (Å²) in [7, 11) is 0. The second-order valence-electron chi connectivity index (χ2n) is 8.53. The molecule has 2 aromatic rings. The van der Waals surface area contributed by atoms with Crippen LogP contribution in [0.4, 0.5) is 5.69 Å². The van der Waals surface area contributed by atoms with Crippen LogP contribution in [-0.4, -0.2) is 33.8 Å². The molecule has 1 saturated carbocycles. The summed E-state index contributed by atoms with van der Waals surface area (Å²) in [5.74, 6) is -1.41. The molecule has 0 radical (unpaired) electrons. The first kappa shape index (κ1) is 24.7. The Balaban J connectivity index is 1.45. The van der Waals surface area contributed by atoms with Gasteiger partial charge in [0, 0.05) is 30.2 Å². The first-order valence-corrected chi connectivity index (χ1v) is 12.4. The summed E-state index contributed by atoms with van der Waals surface area (Å²) in [6.07, 6.45) is 7.38. The molecule has 0 saturated heterocycles. The summed E-state index contributed by atoms with van der Waals surface area (Å²) in [5, 5.41) is 16.0. The monoisotopic (exact) mass is 565 g/mol. The zero-order valence-electron chi connectivity index (χ0n) is 18.0. The van der Waals surface area contributed by atoms with Crippen LogP contribution in [-0.2, 0) is 16.0 Å². The lowest BCUT2D eigenvalue weighted by Gasteiger charge is -2.46. The third-order valence-electron chi connectivity index (χ3n) is 6.39. The van der Waals surface area contributed by atoms with Crippen LogP contribution in [0.15, 0.2) is 46.8 Å². The van der Waals surface area contributed by atoms with Gasteiger partial charge in [-0.3, -0.25) is 14.6 Å². The van der Waals surface area contributed by atoms with E-state index in [0.717, 1.165) is 37.7 Å². The molecule has 1 spiro atoms. The number of pyridine rings is 1. The van der Waals surface area contributed by atoms with Crippen molar-refractivity contribution in [3.8, 4) is 0 Å². The molecule has 1 fully saturated rings. The van der Waals surface area contributed by atoms with Gasteiger partial charge in [0.25, 0.3) is 5.91 Å². The summed E-state index contributed by atoms with van der Waals surface area (Å²) < 4.78 is 0.451. The number of Topliss-reactive ketones (excluding diaryl/α,β-unsaturated/α-hetero) is 1. The number of anilines is 1. The maximum absolute atomic E-state index is 12.6. The number of carboxylic acid groups (broad SMARTS) is 1. The Morgan fingerprint density at radius 3 is 2.29 bits per heavy atom. The summed E-state index contributed by atoms with van der Waals surface area (Å²) in [6, 6.07) is 5.95. The SMILES string of the molecule is O=C(Nc1ccc(CC(NC2=C(Br)C(=O)C23CCCCC3)C(=O)O)cc1)c1c(Cl)cncc1Cl. The minimum atomic E-state index is -1.00. The van der Waals surface area contributed by atoms with E-state index < -0.39 is 23.3 Å². The molecule has 0 aliphatic heterocycles. The third-order valence-corrected chi connectivity index (χ3v) is 7.72. The number of allylic oxidation sites excluding steroid dienone is 2. The summed E-state index contributed by atoms with van der Waals surface area (Å²) in [4.78, 5) is 41.0. The van der Waals surface area contributed by atoms with Crippen LogP contribution in [0.3, 0.4) is 0 Å². The molecule has 178 valence electrons. The van der Waals surface area contributed by atoms with E-state index in [1.165, 1.54) is 12.4 Å². The third kappa shape index (κ3) is 4.72. The zero-order valence-corrected chi connectivity index (χ0v) is 21.1. The maximum atomic E-state index is 12.6. The highest BCUT2D eigenvalue weighted by atomic mass is 79.9. The van der Waals surface area contributed by atoms with E-state index in [0.29, 0.717) is 15.9 Å². The Morgan fingerprint density at radius 2 is 1.71 bits per heavy atom. The Kier molecular flexibility index (Phi) is 7.31. The van der Waals surface area contributed by atoms with Crippen LogP contribution in [0.5, 0.6) is 0 Å². The van der Waals surface area contributed by atoms with Gasteiger partial charge in [0.2, 0.25) is 0 Å². The van der Waals surface area contributed by atoms with Gasteiger partial charge in [-0.05, 0) is 46.5 Å². The lowest BCUT2D eigenvalue weighted by molar-refractivity contribution is -0.140. The van der Waals surface area contributed by atoms with Crippen LogP contribution >= 0.6 is 39.1 Å². The van der Waals surface area contributed by atoms with Crippen molar-refractivity contribution < 1.29 is 19.5 Å². The highest BCUT2D eigenvalue weighted by Crippen LogP contribution is 2.53. The van der Waals surface area contributed by atoms with E-state index in [1.54, 1.807) is 24.3 Å². The van der Waals surface area contributed by atoms with Crippen molar-refractivity contribution >= 4 is 62.5 Å². The van der Waals surface area contributed by atoms with Crippen molar-refractivity contribution in [2.45, 2.75) is 44.6 Å². The Morgan fingerprint density at radius 1 is 1.09 bits per heavy atom. The molecule has 2 aliphatic carbocycles. The van der Waals surface area contributed by atoms with Crippen molar-refractivity contribution in [3.63, 3.8) is 0 Å². The number of ketones is 1. The first-order chi connectivity index (χ1) is 16.2. The predicted molar refractivity (Wildman–Crippen MR) is 133 cm³/mol. The van der Waals surface area contributed by atoms with E-state index >= 15 is 0 Å². The summed E-state index contributed by atoms with van der Waals surface area (Å²) in [6.45, 7) is 0. The predicted octanol–water partition coefficient (Wildman–Crippen LogP) is 5.37. The fraction of sp³-hybridized carbons (Fsp3) is 0.333. The van der Waals surface area contributed by atoms with E-state index in [2.05, 4.69) is 31.5 Å². The second-order valence-corrected chi connectivity index (χ2v) is 10.1. The van der Waals surface area contributed by atoms with E-state index in [9.17, 15) is 19.5 Å². The van der Waals surface area contributed by atoms with Crippen LogP contribution < -0.4 is 10.6 Å². The molecule has 1 aromatic heterocycles. The molecule has 1 heterocycles. The molecule has 4 rings (SSSR count). The number of nitrogens with zero attached hydrogens (tertiary/aromatic N) is 1. The normalized spacial score (nSPS) is 17.8. The molecule has 1 unspecified atom stereocenters. The number of hydrogen-bond donors (Lipinski definition) is 3. The summed E-state index contributed by atoms with van der Waals surface area (Å²) >= 11 is 15.4. The molecule has 2 aliphatic rings. The van der Waals surface area contributed by atoms with Gasteiger partial charge in [-0.25, -0.2) is 4.79 Å². The fourth-order valence-corrected chi connectivity index (χ4v) is 5.98. The Bertz CT molecular complexity index is 1160. The number of benzene rings is 1. The Hall–Kier alpha value is -2.42. The van der Waals surface area contributed by atoms with Gasteiger partial charge in [-0.15, -0.1) is 0 Å². The second kappa shape index (κ2) is 10.1. The van der Waals surface area contributed by atoms with Gasteiger partial charge in [0.05, 0.1) is 25.5 Å². The Labute approximate surface area is 215 Å². The van der Waals surface area contributed by atoms with Crippen LogP contribution in [0, 0.1) is 5.41 Å². The van der Waals surface area contributed by atoms with Crippen LogP contribution in [0.2, 0.25) is 10.0 Å². The number of rotatable bonds is 7. The molecule has 34 heavy (non-hydrogen) atoms. The van der Waals surface area contributed by atoms with Crippen molar-refractivity contribution in [1.82, 2.24) is 10.3 Å². The standard InChI is InChI=1S/C24H22BrCl2N3O4/c25-19-20(24(21(19)31)8-2-1-3-9-24)30-17(23(33)34)10-13-4-6-14(7-5-13)29-22(32)18-15(26)11-28-12-16(18)27/h4-7,11-12,17,30H,1-3,8-10H2,(H,29,32)(H,33,34). The number of aromatic nitrogens is 1. The molecular weight excluding hydrogens is 545 g/mol. The molecule has 0 bridgehead atoms. The number of halogens is 3. The van der Waals surface area contributed by atoms with Gasteiger partial charge in [-0.2, -0.15) is 0 Å². The van der Waals surface area contributed by atoms with E-state index in [1.807, 2.05) is 0 Å². The molecule has 1 atom stereocenters. The van der Waals surface area contributed by atoms with Gasteiger partial charge in [0.1, 0.15) is 6.04 Å². The largest absolute Gasteiger partial charge is 0.480 e. The fourth-order valence-electron chi connectivity index (χ4n) is 4.57. The van der Waals surface area contributed by atoms with Gasteiger partial charge in [0.15, 0.2) is 5.78 Å². The number of carbonyl (C=O) groups excluding carboxylic acids is 2. The minimum absolute atomic E-state index is 0.0633. The topological polar surface area (TPSA) is 108 Å². The summed E-state index contributed by atoms with van der Waals surface area (Å²) in [5.41, 5.74) is 1.53. The number of carboxylic acids is 1. The van der Waals surface area contributed by atoms with Crippen molar-refractivity contribution in [1.29, 1.82) is 0 Å². The smallest absolute Gasteiger partial charge is 0.326 e. The van der Waals surface area contributed by atoms with E-state index in [-0.39, 0.29) is 27.8 Å². The molecular formula is C24H22BrCl2N3O4. The molecule has 1 amide bonds. The first-order valence-electron chi connectivity index (χ1n) is 10.9. The van der Waals surface area contributed by atoms with Crippen molar-refractivity contribution in [3.05, 3.63) is 68.0 Å². The quantitative estimate of drug-likeness (QED) is 0.416. The van der Waals surface area contributed by atoms with Crippen LogP contribution in [0.1, 0.15) is 48.0 Å². The van der Waals surface area contributed by atoms with Crippen LogP contribution in [0.25, 0.3) is 0 Å². The molecule has 3 N–H and O–H groups in total. The number of aliphatic carboxylic acids is 1. The number of amides is 1. The average molecular weight is 567 g/mol. The lowest BCUT2D eigenvalue weighted by Crippen LogP contribution is -2.53. The van der Waals surface area contributed by atoms with Crippen molar-refractivity contribution in [2.24, 2.45) is 5.41 Å².